The van der Waals surface area contributed by atoms with E-state index in [0.717, 1.165) is 0 Å². The fourth-order valence-electron chi connectivity index (χ4n) is 2.53. The highest BCUT2D eigenvalue weighted by atomic mass is 19.1. The van der Waals surface area contributed by atoms with Gasteiger partial charge in [0.15, 0.2) is 11.6 Å². The highest BCUT2D eigenvalue weighted by Gasteiger charge is 2.12. The van der Waals surface area contributed by atoms with Gasteiger partial charge in [-0.2, -0.15) is 0 Å². The number of carbonyl (C=O) groups is 1. The molecule has 0 aliphatic carbocycles. The van der Waals surface area contributed by atoms with Gasteiger partial charge in [0.05, 0.1) is 24.3 Å². The molecule has 0 fully saturated rings. The van der Waals surface area contributed by atoms with E-state index in [1.165, 1.54) is 6.07 Å². The number of amides is 1. The van der Waals surface area contributed by atoms with E-state index < -0.39 is 18.4 Å². The van der Waals surface area contributed by atoms with Crippen molar-refractivity contribution in [2.24, 2.45) is 0 Å². The number of halogens is 2. The van der Waals surface area contributed by atoms with Crippen molar-refractivity contribution in [1.82, 2.24) is 15.3 Å². The van der Waals surface area contributed by atoms with Crippen molar-refractivity contribution in [2.75, 3.05) is 13.3 Å². The fraction of sp³-hybridized carbons (Fsp3) is 0.250. The predicted octanol–water partition coefficient (Wildman–Crippen LogP) is 3.83. The highest BCUT2D eigenvalue weighted by molar-refractivity contribution is 5.94. The molecule has 0 aliphatic heterocycles. The Hall–Kier alpha value is -3.09. The smallest absolute Gasteiger partial charge is 0.270 e. The Morgan fingerprint density at radius 2 is 1.96 bits per heavy atom. The zero-order chi connectivity index (χ0) is 19.1. The third kappa shape index (κ3) is 4.75. The van der Waals surface area contributed by atoms with Crippen LogP contribution in [-0.4, -0.2) is 29.2 Å². The second kappa shape index (κ2) is 9.02. The van der Waals surface area contributed by atoms with Crippen LogP contribution in [0.25, 0.3) is 11.0 Å². The summed E-state index contributed by atoms with van der Waals surface area (Å²) < 4.78 is 31.9. The zero-order valence-electron chi connectivity index (χ0n) is 14.6. The average Bonchev–Trinajstić information content (AvgIpc) is 2.70. The highest BCUT2D eigenvalue weighted by Crippen LogP contribution is 2.21. The Morgan fingerprint density at radius 3 is 2.81 bits per heavy atom. The Bertz CT molecular complexity index is 934. The molecule has 27 heavy (non-hydrogen) atoms. The van der Waals surface area contributed by atoms with Crippen molar-refractivity contribution < 1.29 is 18.3 Å². The number of rotatable bonds is 8. The maximum absolute atomic E-state index is 14.5. The van der Waals surface area contributed by atoms with Gasteiger partial charge < -0.3 is 10.1 Å². The van der Waals surface area contributed by atoms with Gasteiger partial charge >= 0.3 is 0 Å². The summed E-state index contributed by atoms with van der Waals surface area (Å²) in [5.41, 5.74) is 1.83. The quantitative estimate of drug-likeness (QED) is 0.611. The molecule has 0 atom stereocenters. The number of aromatic nitrogens is 2. The van der Waals surface area contributed by atoms with Gasteiger partial charge in [-0.15, -0.1) is 0 Å². The first-order valence-electron chi connectivity index (χ1n) is 8.65. The van der Waals surface area contributed by atoms with Crippen LogP contribution in [-0.2, 0) is 6.54 Å². The minimum atomic E-state index is -0.534. The van der Waals surface area contributed by atoms with E-state index >= 15 is 0 Å². The molecule has 1 amide bonds. The van der Waals surface area contributed by atoms with Crippen molar-refractivity contribution in [3.8, 4) is 5.75 Å². The largest absolute Gasteiger partial charge is 0.491 e. The predicted molar refractivity (Wildman–Crippen MR) is 97.8 cm³/mol. The van der Waals surface area contributed by atoms with E-state index in [1.54, 1.807) is 42.6 Å². The monoisotopic (exact) mass is 371 g/mol. The molecule has 1 aromatic carbocycles. The molecule has 140 valence electrons. The number of ether oxygens (including phenoxy) is 1. The third-order valence-electron chi connectivity index (χ3n) is 3.96. The molecule has 1 N–H and O–H groups in total. The molecule has 0 aliphatic rings. The number of alkyl halides is 1. The zero-order valence-corrected chi connectivity index (χ0v) is 14.6. The van der Waals surface area contributed by atoms with Crippen molar-refractivity contribution >= 4 is 16.9 Å². The molecule has 3 aromatic rings. The molecule has 5 nitrogen and oxygen atoms in total. The number of hydrogen-bond donors (Lipinski definition) is 1. The summed E-state index contributed by atoms with van der Waals surface area (Å²) in [6.07, 6.45) is 2.55. The van der Waals surface area contributed by atoms with Crippen LogP contribution in [0.15, 0.2) is 48.7 Å². The van der Waals surface area contributed by atoms with Crippen molar-refractivity contribution in [1.29, 1.82) is 0 Å². The summed E-state index contributed by atoms with van der Waals surface area (Å²) in [4.78, 5) is 20.7. The van der Waals surface area contributed by atoms with E-state index in [2.05, 4.69) is 15.3 Å². The number of benzene rings is 1. The van der Waals surface area contributed by atoms with Crippen LogP contribution in [0.4, 0.5) is 8.78 Å². The number of unbranched alkanes of at least 4 members (excludes halogenated alkanes) is 1. The second-order valence-electron chi connectivity index (χ2n) is 5.89. The number of nitrogens with one attached hydrogen (secondary N) is 1. The first-order chi connectivity index (χ1) is 13.2. The molecule has 3 rings (SSSR count). The topological polar surface area (TPSA) is 64.1 Å². The minimum Gasteiger partial charge on any atom is -0.491 e. The second-order valence-corrected chi connectivity index (χ2v) is 5.89. The van der Waals surface area contributed by atoms with E-state index in [0.29, 0.717) is 29.4 Å². The number of hydrogen-bond acceptors (Lipinski definition) is 4. The van der Waals surface area contributed by atoms with Crippen LogP contribution < -0.4 is 10.1 Å². The fourth-order valence-corrected chi connectivity index (χ4v) is 2.53. The van der Waals surface area contributed by atoms with Crippen LogP contribution in [0, 0.1) is 5.82 Å². The van der Waals surface area contributed by atoms with Crippen LogP contribution in [0.3, 0.4) is 0 Å². The first-order valence-corrected chi connectivity index (χ1v) is 8.65. The summed E-state index contributed by atoms with van der Waals surface area (Å²) in [7, 11) is 0. The van der Waals surface area contributed by atoms with E-state index in [1.807, 2.05) is 0 Å². The Morgan fingerprint density at radius 1 is 1.07 bits per heavy atom. The van der Waals surface area contributed by atoms with Gasteiger partial charge in [0.2, 0.25) is 0 Å². The lowest BCUT2D eigenvalue weighted by atomic mass is 10.2. The molecule has 0 saturated heterocycles. The summed E-state index contributed by atoms with van der Waals surface area (Å²) >= 11 is 0. The number of nitrogens with zero attached hydrogens (tertiary/aromatic N) is 2. The van der Waals surface area contributed by atoms with Crippen molar-refractivity contribution in [2.45, 2.75) is 19.4 Å². The third-order valence-corrected chi connectivity index (χ3v) is 3.96. The summed E-state index contributed by atoms with van der Waals surface area (Å²) in [5.74, 6) is -0.848. The Labute approximate surface area is 155 Å². The van der Waals surface area contributed by atoms with Crippen LogP contribution in [0.2, 0.25) is 0 Å². The van der Waals surface area contributed by atoms with Gasteiger partial charge in [-0.1, -0.05) is 12.1 Å². The molecular weight excluding hydrogens is 352 g/mol. The van der Waals surface area contributed by atoms with Crippen LogP contribution in [0.1, 0.15) is 28.9 Å². The number of carbonyl (C=O) groups excluding carboxylic acids is 1. The molecule has 7 heteroatoms. The van der Waals surface area contributed by atoms with Gasteiger partial charge in [-0.3, -0.25) is 14.2 Å². The Balaban J connectivity index is 1.64. The molecule has 2 heterocycles. The molecule has 0 radical (unpaired) electrons. The van der Waals surface area contributed by atoms with Crippen molar-refractivity contribution in [3.63, 3.8) is 0 Å². The Kier molecular flexibility index (Phi) is 6.25. The summed E-state index contributed by atoms with van der Waals surface area (Å²) in [6, 6.07) is 11.5. The summed E-state index contributed by atoms with van der Waals surface area (Å²) in [6.45, 7) is -0.179. The SMILES string of the molecule is O=C(NCc1cccc(OCCCCF)c1F)c1ccc2ncccc2n1. The van der Waals surface area contributed by atoms with E-state index in [-0.39, 0.29) is 24.6 Å². The molecule has 0 unspecified atom stereocenters. The molecule has 0 bridgehead atoms. The standard InChI is InChI=1S/C20H19F2N3O2/c21-10-1-2-12-27-18-7-3-5-14(19(18)22)13-24-20(26)17-9-8-15-16(25-17)6-4-11-23-15/h3-9,11H,1-2,10,12-13H2,(H,24,26). The molecule has 0 spiro atoms. The average molecular weight is 371 g/mol. The van der Waals surface area contributed by atoms with E-state index in [4.69, 9.17) is 4.74 Å². The number of pyridine rings is 2. The maximum atomic E-state index is 14.5. The van der Waals surface area contributed by atoms with Gasteiger partial charge in [0.1, 0.15) is 5.69 Å². The maximum Gasteiger partial charge on any atom is 0.270 e. The molecular formula is C20H19F2N3O2. The van der Waals surface area contributed by atoms with Gasteiger partial charge in [-0.05, 0) is 43.2 Å². The molecule has 2 aromatic heterocycles. The summed E-state index contributed by atoms with van der Waals surface area (Å²) in [5, 5.41) is 2.66. The lowest BCUT2D eigenvalue weighted by Crippen LogP contribution is -2.24. The van der Waals surface area contributed by atoms with Crippen LogP contribution >= 0.6 is 0 Å². The lowest BCUT2D eigenvalue weighted by Gasteiger charge is -2.11. The normalized spacial score (nSPS) is 10.7. The van der Waals surface area contributed by atoms with Gasteiger partial charge in [0, 0.05) is 18.3 Å². The van der Waals surface area contributed by atoms with Gasteiger partial charge in [0.25, 0.3) is 5.91 Å². The minimum absolute atomic E-state index is 0.000889. The lowest BCUT2D eigenvalue weighted by molar-refractivity contribution is 0.0946. The van der Waals surface area contributed by atoms with Gasteiger partial charge in [-0.25, -0.2) is 9.37 Å². The van der Waals surface area contributed by atoms with Crippen LogP contribution in [0.5, 0.6) is 5.75 Å². The number of fused-ring (bicyclic) bond motifs is 1. The first kappa shape index (κ1) is 18.7. The van der Waals surface area contributed by atoms with Crippen molar-refractivity contribution in [3.05, 3.63) is 65.7 Å². The molecule has 0 saturated carbocycles. The van der Waals surface area contributed by atoms with E-state index in [9.17, 15) is 13.6 Å².